The number of anilines is 2. The van der Waals surface area contributed by atoms with Crippen molar-refractivity contribution in [3.05, 3.63) is 65.2 Å². The van der Waals surface area contributed by atoms with Crippen molar-refractivity contribution in [1.29, 1.82) is 0 Å². The molecule has 0 saturated heterocycles. The summed E-state index contributed by atoms with van der Waals surface area (Å²) in [6.45, 7) is 6.68. The van der Waals surface area contributed by atoms with E-state index in [-0.39, 0.29) is 11.2 Å². The van der Waals surface area contributed by atoms with E-state index in [2.05, 4.69) is 41.5 Å². The molecular formula is C21H24N4OS2. The second kappa shape index (κ2) is 9.21. The topological polar surface area (TPSA) is 58.1 Å². The summed E-state index contributed by atoms with van der Waals surface area (Å²) in [5.74, 6) is 0.0766. The van der Waals surface area contributed by atoms with Gasteiger partial charge in [0.2, 0.25) is 11.0 Å². The fourth-order valence-electron chi connectivity index (χ4n) is 2.70. The minimum Gasteiger partial charge on any atom is -0.340 e. The zero-order valence-electron chi connectivity index (χ0n) is 16.5. The van der Waals surface area contributed by atoms with E-state index in [1.54, 1.807) is 4.90 Å². The van der Waals surface area contributed by atoms with Gasteiger partial charge in [-0.25, -0.2) is 0 Å². The lowest BCUT2D eigenvalue weighted by atomic mass is 10.1. The van der Waals surface area contributed by atoms with E-state index in [1.807, 2.05) is 50.4 Å². The molecule has 0 saturated carbocycles. The maximum Gasteiger partial charge on any atom is 0.235 e. The van der Waals surface area contributed by atoms with Gasteiger partial charge in [0.15, 0.2) is 4.34 Å². The van der Waals surface area contributed by atoms with Crippen LogP contribution in [0.3, 0.4) is 0 Å². The van der Waals surface area contributed by atoms with E-state index >= 15 is 0 Å². The Hall–Kier alpha value is -2.38. The Morgan fingerprint density at radius 3 is 2.61 bits per heavy atom. The molecule has 0 aliphatic carbocycles. The summed E-state index contributed by atoms with van der Waals surface area (Å²) >= 11 is 2.90. The standard InChI is InChI=1S/C21H24N4OS2/c1-14-10-11-18(12-15(14)2)22-20-23-24-21(28-20)27-16(3)19(26)25(4)13-17-8-6-5-7-9-17/h5-12,16H,13H2,1-4H3,(H,22,23)/t16-/m0/s1. The SMILES string of the molecule is Cc1ccc(Nc2nnc(S[C@@H](C)C(=O)N(C)Cc3ccccc3)s2)cc1C. The Balaban J connectivity index is 1.57. The quantitative estimate of drug-likeness (QED) is 0.551. The summed E-state index contributed by atoms with van der Waals surface area (Å²) < 4.78 is 0.778. The average molecular weight is 413 g/mol. The van der Waals surface area contributed by atoms with Gasteiger partial charge >= 0.3 is 0 Å². The highest BCUT2D eigenvalue weighted by molar-refractivity contribution is 8.02. The largest absolute Gasteiger partial charge is 0.340 e. The highest BCUT2D eigenvalue weighted by Gasteiger charge is 2.21. The van der Waals surface area contributed by atoms with Crippen molar-refractivity contribution >= 4 is 39.8 Å². The Morgan fingerprint density at radius 2 is 1.89 bits per heavy atom. The van der Waals surface area contributed by atoms with Gasteiger partial charge in [0.25, 0.3) is 0 Å². The van der Waals surface area contributed by atoms with Gasteiger partial charge in [0.05, 0.1) is 5.25 Å². The first-order valence-electron chi connectivity index (χ1n) is 9.05. The number of amides is 1. The second-order valence-electron chi connectivity index (χ2n) is 6.74. The molecule has 1 amide bonds. The average Bonchev–Trinajstić information content (AvgIpc) is 3.11. The lowest BCUT2D eigenvalue weighted by Crippen LogP contribution is -2.32. The molecule has 0 aliphatic heterocycles. The van der Waals surface area contributed by atoms with Crippen LogP contribution in [-0.4, -0.2) is 33.3 Å². The molecule has 1 N–H and O–H groups in total. The van der Waals surface area contributed by atoms with Gasteiger partial charge in [-0.2, -0.15) is 0 Å². The summed E-state index contributed by atoms with van der Waals surface area (Å²) in [4.78, 5) is 14.4. The lowest BCUT2D eigenvalue weighted by Gasteiger charge is -2.20. The molecule has 1 heterocycles. The molecule has 7 heteroatoms. The van der Waals surface area contributed by atoms with Crippen LogP contribution in [-0.2, 0) is 11.3 Å². The van der Waals surface area contributed by atoms with Crippen LogP contribution in [0.2, 0.25) is 0 Å². The van der Waals surface area contributed by atoms with Crippen molar-refractivity contribution in [3.63, 3.8) is 0 Å². The highest BCUT2D eigenvalue weighted by atomic mass is 32.2. The van der Waals surface area contributed by atoms with Crippen LogP contribution in [0.1, 0.15) is 23.6 Å². The number of rotatable bonds is 7. The molecule has 1 aromatic heterocycles. The van der Waals surface area contributed by atoms with Crippen LogP contribution in [0, 0.1) is 13.8 Å². The zero-order valence-corrected chi connectivity index (χ0v) is 18.1. The van der Waals surface area contributed by atoms with Crippen molar-refractivity contribution in [1.82, 2.24) is 15.1 Å². The highest BCUT2D eigenvalue weighted by Crippen LogP contribution is 2.31. The number of thioether (sulfide) groups is 1. The summed E-state index contributed by atoms with van der Waals surface area (Å²) in [5, 5.41) is 12.2. The van der Waals surface area contributed by atoms with Crippen LogP contribution in [0.5, 0.6) is 0 Å². The summed E-state index contributed by atoms with van der Waals surface area (Å²) in [5.41, 5.74) is 4.59. The fraction of sp³-hybridized carbons (Fsp3) is 0.286. The van der Waals surface area contributed by atoms with Crippen LogP contribution >= 0.6 is 23.1 Å². The van der Waals surface area contributed by atoms with Crippen LogP contribution < -0.4 is 5.32 Å². The molecule has 0 unspecified atom stereocenters. The summed E-state index contributed by atoms with van der Waals surface area (Å²) in [7, 11) is 1.83. The van der Waals surface area contributed by atoms with Gasteiger partial charge in [-0.15, -0.1) is 10.2 Å². The van der Waals surface area contributed by atoms with Gasteiger partial charge in [-0.05, 0) is 49.6 Å². The number of hydrogen-bond acceptors (Lipinski definition) is 6. The first kappa shape index (κ1) is 20.4. The Kier molecular flexibility index (Phi) is 6.70. The molecule has 0 fully saturated rings. The Bertz CT molecular complexity index is 943. The molecule has 1 atom stereocenters. The van der Waals surface area contributed by atoms with Gasteiger partial charge in [-0.1, -0.05) is 59.5 Å². The molecule has 3 rings (SSSR count). The third-order valence-electron chi connectivity index (χ3n) is 4.43. The maximum atomic E-state index is 12.7. The van der Waals surface area contributed by atoms with E-state index < -0.39 is 0 Å². The first-order chi connectivity index (χ1) is 13.4. The normalized spacial score (nSPS) is 11.9. The van der Waals surface area contributed by atoms with E-state index in [0.29, 0.717) is 6.54 Å². The van der Waals surface area contributed by atoms with E-state index in [9.17, 15) is 4.79 Å². The molecule has 146 valence electrons. The van der Waals surface area contributed by atoms with Gasteiger partial charge in [-0.3, -0.25) is 4.79 Å². The molecule has 0 bridgehead atoms. The van der Waals surface area contributed by atoms with E-state index in [4.69, 9.17) is 0 Å². The van der Waals surface area contributed by atoms with Crippen LogP contribution in [0.4, 0.5) is 10.8 Å². The van der Waals surface area contributed by atoms with E-state index in [0.717, 1.165) is 20.7 Å². The fourth-order valence-corrected chi connectivity index (χ4v) is 4.73. The predicted molar refractivity (Wildman–Crippen MR) is 117 cm³/mol. The van der Waals surface area contributed by atoms with Gasteiger partial charge < -0.3 is 10.2 Å². The number of aromatic nitrogens is 2. The van der Waals surface area contributed by atoms with Crippen molar-refractivity contribution < 1.29 is 4.79 Å². The zero-order chi connectivity index (χ0) is 20.1. The number of hydrogen-bond donors (Lipinski definition) is 1. The van der Waals surface area contributed by atoms with E-state index in [1.165, 1.54) is 34.2 Å². The van der Waals surface area contributed by atoms with Crippen molar-refractivity contribution in [2.75, 3.05) is 12.4 Å². The van der Waals surface area contributed by atoms with Crippen LogP contribution in [0.25, 0.3) is 0 Å². The third-order valence-corrected chi connectivity index (χ3v) is 6.44. The number of nitrogens with zero attached hydrogens (tertiary/aromatic N) is 3. The second-order valence-corrected chi connectivity index (χ2v) is 9.30. The summed E-state index contributed by atoms with van der Waals surface area (Å²) in [6, 6.07) is 16.2. The number of carbonyl (C=O) groups excluding carboxylic acids is 1. The number of benzene rings is 2. The number of aryl methyl sites for hydroxylation is 2. The van der Waals surface area contributed by atoms with Crippen molar-refractivity contribution in [2.45, 2.75) is 36.9 Å². The first-order valence-corrected chi connectivity index (χ1v) is 10.8. The minimum absolute atomic E-state index is 0.0766. The molecule has 3 aromatic rings. The van der Waals surface area contributed by atoms with Gasteiger partial charge in [0, 0.05) is 19.3 Å². The number of nitrogens with one attached hydrogen (secondary N) is 1. The molecule has 0 radical (unpaired) electrons. The van der Waals surface area contributed by atoms with Gasteiger partial charge in [0.1, 0.15) is 0 Å². The summed E-state index contributed by atoms with van der Waals surface area (Å²) in [6.07, 6.45) is 0. The van der Waals surface area contributed by atoms with Crippen LogP contribution in [0.15, 0.2) is 52.9 Å². The Morgan fingerprint density at radius 1 is 1.14 bits per heavy atom. The van der Waals surface area contributed by atoms with Crippen molar-refractivity contribution in [3.8, 4) is 0 Å². The smallest absolute Gasteiger partial charge is 0.235 e. The predicted octanol–water partition coefficient (Wildman–Crippen LogP) is 5.04. The van der Waals surface area contributed by atoms with Crippen molar-refractivity contribution in [2.24, 2.45) is 0 Å². The Labute approximate surface area is 174 Å². The molecule has 28 heavy (non-hydrogen) atoms. The molecule has 0 aliphatic rings. The monoisotopic (exact) mass is 412 g/mol. The molecule has 0 spiro atoms. The molecule has 5 nitrogen and oxygen atoms in total. The molecular weight excluding hydrogens is 388 g/mol. The maximum absolute atomic E-state index is 12.7. The molecule has 2 aromatic carbocycles. The third kappa shape index (κ3) is 5.33. The minimum atomic E-state index is -0.226. The number of carbonyl (C=O) groups is 1. The lowest BCUT2D eigenvalue weighted by molar-refractivity contribution is -0.129.